The maximum Gasteiger partial charge on any atom is 0.416 e. The molecular formula is C10H9F5N2O2. The summed E-state index contributed by atoms with van der Waals surface area (Å²) in [6, 6.07) is 2.03. The molecule has 0 unspecified atom stereocenters. The minimum absolute atomic E-state index is 0.330. The molecule has 0 aromatic heterocycles. The van der Waals surface area contributed by atoms with E-state index >= 15 is 0 Å². The summed E-state index contributed by atoms with van der Waals surface area (Å²) in [5.74, 6) is -1.00. The van der Waals surface area contributed by atoms with Crippen LogP contribution in [0.4, 0.5) is 22.0 Å². The van der Waals surface area contributed by atoms with Gasteiger partial charge in [-0.25, -0.2) is 8.78 Å². The zero-order chi connectivity index (χ0) is 14.6. The molecule has 0 saturated carbocycles. The summed E-state index contributed by atoms with van der Waals surface area (Å²) in [4.78, 5) is 0. The van der Waals surface area contributed by atoms with Gasteiger partial charge in [-0.05, 0) is 18.2 Å². The van der Waals surface area contributed by atoms with Crippen molar-refractivity contribution in [2.45, 2.75) is 12.6 Å². The highest BCUT2D eigenvalue weighted by molar-refractivity contribution is 5.99. The Morgan fingerprint density at radius 2 is 2.00 bits per heavy atom. The Kier molecular flexibility index (Phi) is 4.52. The zero-order valence-electron chi connectivity index (χ0n) is 9.29. The number of oxime groups is 1. The number of nitrogens with zero attached hydrogens (tertiary/aromatic N) is 1. The summed E-state index contributed by atoms with van der Waals surface area (Å²) in [6.45, 7) is -1.02. The standard InChI is InChI=1S/C10H9F5N2O2/c11-8(12)4-19-7-2-1-5(10(13,14)15)3-6(7)9(16)17-18/h1-3,8,18H,4H2,(H2,16,17). The highest BCUT2D eigenvalue weighted by Gasteiger charge is 2.31. The van der Waals surface area contributed by atoms with E-state index in [2.05, 4.69) is 9.89 Å². The molecule has 0 fully saturated rings. The molecule has 0 amide bonds. The predicted molar refractivity (Wildman–Crippen MR) is 55.5 cm³/mol. The van der Waals surface area contributed by atoms with Crippen LogP contribution < -0.4 is 10.5 Å². The molecule has 106 valence electrons. The lowest BCUT2D eigenvalue weighted by molar-refractivity contribution is -0.137. The van der Waals surface area contributed by atoms with Gasteiger partial charge in [0.25, 0.3) is 6.43 Å². The molecule has 0 heterocycles. The van der Waals surface area contributed by atoms with Crippen LogP contribution in [0.5, 0.6) is 5.75 Å². The smallest absolute Gasteiger partial charge is 0.416 e. The van der Waals surface area contributed by atoms with Crippen molar-refractivity contribution >= 4 is 5.84 Å². The number of benzene rings is 1. The van der Waals surface area contributed by atoms with Gasteiger partial charge >= 0.3 is 6.18 Å². The van der Waals surface area contributed by atoms with Gasteiger partial charge in [-0.1, -0.05) is 5.16 Å². The van der Waals surface area contributed by atoms with E-state index in [0.717, 1.165) is 6.07 Å². The van der Waals surface area contributed by atoms with Crippen molar-refractivity contribution < 1.29 is 31.9 Å². The van der Waals surface area contributed by atoms with Crippen molar-refractivity contribution in [3.05, 3.63) is 29.3 Å². The van der Waals surface area contributed by atoms with Gasteiger partial charge in [0.15, 0.2) is 5.84 Å². The normalized spacial score (nSPS) is 12.8. The van der Waals surface area contributed by atoms with Crippen molar-refractivity contribution in [3.63, 3.8) is 0 Å². The number of ether oxygens (including phenoxy) is 1. The first-order valence-electron chi connectivity index (χ1n) is 4.85. The van der Waals surface area contributed by atoms with Gasteiger partial charge in [-0.15, -0.1) is 0 Å². The third kappa shape index (κ3) is 3.97. The summed E-state index contributed by atoms with van der Waals surface area (Å²) in [7, 11) is 0. The lowest BCUT2D eigenvalue weighted by atomic mass is 10.1. The summed E-state index contributed by atoms with van der Waals surface area (Å²) in [5, 5.41) is 11.0. The van der Waals surface area contributed by atoms with Crippen molar-refractivity contribution in [2.24, 2.45) is 10.9 Å². The molecular weight excluding hydrogens is 275 g/mol. The Morgan fingerprint density at radius 1 is 1.37 bits per heavy atom. The van der Waals surface area contributed by atoms with E-state index in [1.165, 1.54) is 0 Å². The third-order valence-electron chi connectivity index (χ3n) is 2.06. The second-order valence-electron chi connectivity index (χ2n) is 3.40. The Labute approximate surface area is 104 Å². The molecule has 1 rings (SSSR count). The number of alkyl halides is 5. The molecule has 0 radical (unpaired) electrons. The van der Waals surface area contributed by atoms with Crippen LogP contribution in [0.15, 0.2) is 23.4 Å². The van der Waals surface area contributed by atoms with Crippen LogP contribution in [0.25, 0.3) is 0 Å². The van der Waals surface area contributed by atoms with Gasteiger partial charge < -0.3 is 15.7 Å². The van der Waals surface area contributed by atoms with Gasteiger partial charge in [0.1, 0.15) is 12.4 Å². The fourth-order valence-corrected chi connectivity index (χ4v) is 1.24. The van der Waals surface area contributed by atoms with Crippen LogP contribution in [-0.4, -0.2) is 24.1 Å². The third-order valence-corrected chi connectivity index (χ3v) is 2.06. The molecule has 0 bridgehead atoms. The van der Waals surface area contributed by atoms with Gasteiger partial charge in [0, 0.05) is 0 Å². The minimum Gasteiger partial charge on any atom is -0.487 e. The first-order valence-corrected chi connectivity index (χ1v) is 4.85. The van der Waals surface area contributed by atoms with E-state index in [1.807, 2.05) is 0 Å². The average Bonchev–Trinajstić information content (AvgIpc) is 2.34. The molecule has 19 heavy (non-hydrogen) atoms. The van der Waals surface area contributed by atoms with Gasteiger partial charge in [-0.3, -0.25) is 0 Å². The summed E-state index contributed by atoms with van der Waals surface area (Å²) < 4.78 is 66.0. The Morgan fingerprint density at radius 3 is 2.47 bits per heavy atom. The Balaban J connectivity index is 3.18. The minimum atomic E-state index is -4.65. The van der Waals surface area contributed by atoms with Crippen LogP contribution in [0.1, 0.15) is 11.1 Å². The van der Waals surface area contributed by atoms with Gasteiger partial charge in [0.2, 0.25) is 0 Å². The Bertz CT molecular complexity index is 473. The fraction of sp³-hybridized carbons (Fsp3) is 0.300. The van der Waals surface area contributed by atoms with E-state index in [4.69, 9.17) is 10.9 Å². The molecule has 0 aliphatic carbocycles. The van der Waals surface area contributed by atoms with Crippen molar-refractivity contribution in [1.82, 2.24) is 0 Å². The zero-order valence-corrected chi connectivity index (χ0v) is 9.29. The lowest BCUT2D eigenvalue weighted by Gasteiger charge is -2.13. The second-order valence-corrected chi connectivity index (χ2v) is 3.40. The highest BCUT2D eigenvalue weighted by atomic mass is 19.4. The number of halogens is 5. The van der Waals surface area contributed by atoms with Crippen molar-refractivity contribution in [2.75, 3.05) is 6.61 Å². The van der Waals surface area contributed by atoms with Crippen molar-refractivity contribution in [1.29, 1.82) is 0 Å². The fourth-order valence-electron chi connectivity index (χ4n) is 1.24. The van der Waals surface area contributed by atoms with Crippen LogP contribution in [0.3, 0.4) is 0 Å². The first kappa shape index (κ1) is 15.0. The second kappa shape index (κ2) is 5.72. The van der Waals surface area contributed by atoms with Crippen LogP contribution in [0, 0.1) is 0 Å². The van der Waals surface area contributed by atoms with E-state index in [0.29, 0.717) is 12.1 Å². The molecule has 1 aromatic rings. The van der Waals surface area contributed by atoms with Crippen LogP contribution >= 0.6 is 0 Å². The quantitative estimate of drug-likeness (QED) is 0.293. The first-order chi connectivity index (χ1) is 8.75. The molecule has 0 atom stereocenters. The molecule has 0 saturated heterocycles. The van der Waals surface area contributed by atoms with E-state index in [-0.39, 0.29) is 5.75 Å². The molecule has 4 nitrogen and oxygen atoms in total. The Hall–Kier alpha value is -2.06. The molecule has 1 aromatic carbocycles. The topological polar surface area (TPSA) is 67.8 Å². The molecule has 0 spiro atoms. The van der Waals surface area contributed by atoms with Crippen LogP contribution in [-0.2, 0) is 6.18 Å². The van der Waals surface area contributed by atoms with Crippen molar-refractivity contribution in [3.8, 4) is 5.75 Å². The average molecular weight is 284 g/mol. The lowest BCUT2D eigenvalue weighted by Crippen LogP contribution is -2.18. The van der Waals surface area contributed by atoms with Gasteiger partial charge in [0.05, 0.1) is 11.1 Å². The molecule has 0 aliphatic rings. The van der Waals surface area contributed by atoms with E-state index < -0.39 is 36.2 Å². The highest BCUT2D eigenvalue weighted by Crippen LogP contribution is 2.32. The molecule has 3 N–H and O–H groups in total. The molecule has 9 heteroatoms. The summed E-state index contributed by atoms with van der Waals surface area (Å²) in [6.07, 6.45) is -7.45. The summed E-state index contributed by atoms with van der Waals surface area (Å²) in [5.41, 5.74) is 3.69. The maximum atomic E-state index is 12.5. The summed E-state index contributed by atoms with van der Waals surface area (Å²) >= 11 is 0. The number of rotatable bonds is 4. The largest absolute Gasteiger partial charge is 0.487 e. The van der Waals surface area contributed by atoms with Crippen LogP contribution in [0.2, 0.25) is 0 Å². The number of amidine groups is 1. The van der Waals surface area contributed by atoms with E-state index in [9.17, 15) is 22.0 Å². The monoisotopic (exact) mass is 284 g/mol. The predicted octanol–water partition coefficient (Wildman–Crippen LogP) is 2.44. The number of nitrogens with two attached hydrogens (primary N) is 1. The maximum absolute atomic E-state index is 12.5. The van der Waals surface area contributed by atoms with E-state index in [1.54, 1.807) is 0 Å². The number of hydrogen-bond donors (Lipinski definition) is 2. The van der Waals surface area contributed by atoms with Gasteiger partial charge in [-0.2, -0.15) is 13.2 Å². The molecule has 0 aliphatic heterocycles. The SMILES string of the molecule is N/C(=N/O)c1cc(C(F)(F)F)ccc1OCC(F)F. The number of hydrogen-bond acceptors (Lipinski definition) is 3.